The van der Waals surface area contributed by atoms with Crippen molar-refractivity contribution in [3.05, 3.63) is 23.9 Å². The Bertz CT molecular complexity index is 326. The molecule has 0 aromatic carbocycles. The van der Waals surface area contributed by atoms with Gasteiger partial charge in [0.05, 0.1) is 12.8 Å². The molecule has 0 fully saturated rings. The largest absolute Gasteiger partial charge is 0.481 e. The third kappa shape index (κ3) is 5.68. The van der Waals surface area contributed by atoms with Crippen LogP contribution in [0.2, 0.25) is 0 Å². The fourth-order valence-electron chi connectivity index (χ4n) is 1.63. The van der Waals surface area contributed by atoms with E-state index in [1.807, 2.05) is 18.2 Å². The van der Waals surface area contributed by atoms with E-state index in [1.54, 1.807) is 7.11 Å². The Kier molecular flexibility index (Phi) is 5.98. The molecule has 1 aromatic rings. The SMILES string of the molecule is COc1cccc(CNC(C)CCC(C)C)n1. The summed E-state index contributed by atoms with van der Waals surface area (Å²) in [5.41, 5.74) is 1.03. The zero-order valence-corrected chi connectivity index (χ0v) is 11.4. The third-order valence-electron chi connectivity index (χ3n) is 2.80. The minimum Gasteiger partial charge on any atom is -0.481 e. The van der Waals surface area contributed by atoms with Gasteiger partial charge in [0.15, 0.2) is 0 Å². The number of aromatic nitrogens is 1. The molecule has 0 aliphatic carbocycles. The van der Waals surface area contributed by atoms with Crippen molar-refractivity contribution in [3.63, 3.8) is 0 Å². The molecule has 1 N–H and O–H groups in total. The zero-order valence-electron chi connectivity index (χ0n) is 11.4. The summed E-state index contributed by atoms with van der Waals surface area (Å²) in [6.07, 6.45) is 2.47. The standard InChI is InChI=1S/C14H24N2O/c1-11(2)8-9-12(3)15-10-13-6-5-7-14(16-13)17-4/h5-7,11-12,15H,8-10H2,1-4H3. The second-order valence-electron chi connectivity index (χ2n) is 4.92. The van der Waals surface area contributed by atoms with Gasteiger partial charge in [-0.2, -0.15) is 0 Å². The van der Waals surface area contributed by atoms with Crippen LogP contribution in [0.15, 0.2) is 18.2 Å². The van der Waals surface area contributed by atoms with Crippen molar-refractivity contribution in [2.75, 3.05) is 7.11 Å². The average Bonchev–Trinajstić information content (AvgIpc) is 2.34. The molecule has 0 aliphatic rings. The van der Waals surface area contributed by atoms with Gasteiger partial charge in [-0.15, -0.1) is 0 Å². The highest BCUT2D eigenvalue weighted by molar-refractivity contribution is 5.15. The molecule has 0 radical (unpaired) electrons. The number of hydrogen-bond acceptors (Lipinski definition) is 3. The van der Waals surface area contributed by atoms with E-state index in [9.17, 15) is 0 Å². The number of ether oxygens (including phenoxy) is 1. The van der Waals surface area contributed by atoms with Gasteiger partial charge in [0.25, 0.3) is 0 Å². The molecular formula is C14H24N2O. The van der Waals surface area contributed by atoms with Crippen molar-refractivity contribution < 1.29 is 4.74 Å². The molecule has 1 rings (SSSR count). The summed E-state index contributed by atoms with van der Waals surface area (Å²) < 4.78 is 5.10. The smallest absolute Gasteiger partial charge is 0.213 e. The van der Waals surface area contributed by atoms with Gasteiger partial charge in [0, 0.05) is 18.7 Å². The molecule has 0 bridgehead atoms. The van der Waals surface area contributed by atoms with E-state index in [4.69, 9.17) is 4.74 Å². The maximum Gasteiger partial charge on any atom is 0.213 e. The summed E-state index contributed by atoms with van der Waals surface area (Å²) in [6.45, 7) is 7.55. The number of rotatable bonds is 7. The Morgan fingerprint density at radius 1 is 1.24 bits per heavy atom. The van der Waals surface area contributed by atoms with Crippen LogP contribution in [0.1, 0.15) is 39.3 Å². The van der Waals surface area contributed by atoms with Crippen LogP contribution in [0.3, 0.4) is 0 Å². The topological polar surface area (TPSA) is 34.1 Å². The van der Waals surface area contributed by atoms with Gasteiger partial charge in [0.2, 0.25) is 5.88 Å². The summed E-state index contributed by atoms with van der Waals surface area (Å²) >= 11 is 0. The van der Waals surface area contributed by atoms with Crippen molar-refractivity contribution in [2.45, 2.75) is 46.2 Å². The quantitative estimate of drug-likeness (QED) is 0.790. The van der Waals surface area contributed by atoms with Gasteiger partial charge in [-0.3, -0.25) is 0 Å². The van der Waals surface area contributed by atoms with Crippen LogP contribution >= 0.6 is 0 Å². The van der Waals surface area contributed by atoms with Gasteiger partial charge in [0.1, 0.15) is 0 Å². The highest BCUT2D eigenvalue weighted by atomic mass is 16.5. The number of nitrogens with zero attached hydrogens (tertiary/aromatic N) is 1. The molecule has 1 heterocycles. The molecule has 17 heavy (non-hydrogen) atoms. The molecule has 0 saturated heterocycles. The van der Waals surface area contributed by atoms with Crippen molar-refractivity contribution in [3.8, 4) is 5.88 Å². The van der Waals surface area contributed by atoms with Gasteiger partial charge >= 0.3 is 0 Å². The molecule has 1 unspecified atom stereocenters. The van der Waals surface area contributed by atoms with Crippen LogP contribution in [0.4, 0.5) is 0 Å². The fourth-order valence-corrected chi connectivity index (χ4v) is 1.63. The first-order chi connectivity index (χ1) is 8.11. The average molecular weight is 236 g/mol. The Balaban J connectivity index is 2.33. The Morgan fingerprint density at radius 3 is 2.65 bits per heavy atom. The number of nitrogens with one attached hydrogen (secondary N) is 1. The Labute approximate surface area is 105 Å². The first kappa shape index (κ1) is 14.0. The predicted molar refractivity (Wildman–Crippen MR) is 71.2 cm³/mol. The van der Waals surface area contributed by atoms with Crippen molar-refractivity contribution in [1.29, 1.82) is 0 Å². The summed E-state index contributed by atoms with van der Waals surface area (Å²) in [7, 11) is 1.64. The molecule has 3 heteroatoms. The lowest BCUT2D eigenvalue weighted by Gasteiger charge is -2.14. The maximum atomic E-state index is 5.10. The van der Waals surface area contributed by atoms with E-state index in [1.165, 1.54) is 12.8 Å². The Hall–Kier alpha value is -1.09. The zero-order chi connectivity index (χ0) is 12.7. The highest BCUT2D eigenvalue weighted by Crippen LogP contribution is 2.09. The van der Waals surface area contributed by atoms with Crippen LogP contribution in [-0.2, 0) is 6.54 Å². The molecule has 0 saturated carbocycles. The van der Waals surface area contributed by atoms with E-state index >= 15 is 0 Å². The predicted octanol–water partition coefficient (Wildman–Crippen LogP) is 3.00. The second-order valence-corrected chi connectivity index (χ2v) is 4.92. The number of hydrogen-bond donors (Lipinski definition) is 1. The van der Waals surface area contributed by atoms with Crippen LogP contribution < -0.4 is 10.1 Å². The van der Waals surface area contributed by atoms with E-state index in [-0.39, 0.29) is 0 Å². The maximum absolute atomic E-state index is 5.10. The summed E-state index contributed by atoms with van der Waals surface area (Å²) in [5.74, 6) is 1.45. The third-order valence-corrected chi connectivity index (χ3v) is 2.80. The lowest BCUT2D eigenvalue weighted by molar-refractivity contribution is 0.394. The summed E-state index contributed by atoms with van der Waals surface area (Å²) in [4.78, 5) is 4.37. The summed E-state index contributed by atoms with van der Waals surface area (Å²) in [6, 6.07) is 6.39. The molecule has 96 valence electrons. The van der Waals surface area contributed by atoms with Crippen LogP contribution in [0.5, 0.6) is 5.88 Å². The summed E-state index contributed by atoms with van der Waals surface area (Å²) in [5, 5.41) is 3.49. The molecule has 1 aromatic heterocycles. The number of methoxy groups -OCH3 is 1. The first-order valence-electron chi connectivity index (χ1n) is 6.35. The highest BCUT2D eigenvalue weighted by Gasteiger charge is 2.04. The molecule has 0 aliphatic heterocycles. The van der Waals surface area contributed by atoms with E-state index < -0.39 is 0 Å². The fraction of sp³-hybridized carbons (Fsp3) is 0.643. The van der Waals surface area contributed by atoms with Gasteiger partial charge in [-0.1, -0.05) is 19.9 Å². The molecule has 0 spiro atoms. The Morgan fingerprint density at radius 2 is 2.00 bits per heavy atom. The van der Waals surface area contributed by atoms with Crippen LogP contribution in [-0.4, -0.2) is 18.1 Å². The number of pyridine rings is 1. The van der Waals surface area contributed by atoms with Crippen LogP contribution in [0, 0.1) is 5.92 Å². The van der Waals surface area contributed by atoms with Gasteiger partial charge in [-0.05, 0) is 31.7 Å². The minimum absolute atomic E-state index is 0.533. The molecule has 3 nitrogen and oxygen atoms in total. The normalized spacial score (nSPS) is 12.8. The van der Waals surface area contributed by atoms with Crippen LogP contribution in [0.25, 0.3) is 0 Å². The van der Waals surface area contributed by atoms with E-state index in [0.717, 1.165) is 18.2 Å². The minimum atomic E-state index is 0.533. The monoisotopic (exact) mass is 236 g/mol. The van der Waals surface area contributed by atoms with E-state index in [0.29, 0.717) is 11.9 Å². The molecule has 1 atom stereocenters. The first-order valence-corrected chi connectivity index (χ1v) is 6.35. The van der Waals surface area contributed by atoms with Crippen molar-refractivity contribution in [1.82, 2.24) is 10.3 Å². The van der Waals surface area contributed by atoms with Crippen molar-refractivity contribution in [2.24, 2.45) is 5.92 Å². The van der Waals surface area contributed by atoms with E-state index in [2.05, 4.69) is 31.1 Å². The molecule has 0 amide bonds. The lowest BCUT2D eigenvalue weighted by atomic mass is 10.0. The van der Waals surface area contributed by atoms with Gasteiger partial charge < -0.3 is 10.1 Å². The van der Waals surface area contributed by atoms with Crippen molar-refractivity contribution >= 4 is 0 Å². The lowest BCUT2D eigenvalue weighted by Crippen LogP contribution is -2.26. The van der Waals surface area contributed by atoms with Gasteiger partial charge in [-0.25, -0.2) is 4.98 Å². The molecular weight excluding hydrogens is 212 g/mol. The second kappa shape index (κ2) is 7.28.